The second-order valence-electron chi connectivity index (χ2n) is 6.45. The first-order chi connectivity index (χ1) is 12.2. The van der Waals surface area contributed by atoms with Crippen molar-refractivity contribution in [2.45, 2.75) is 26.4 Å². The Labute approximate surface area is 144 Å². The molecular formula is C17H21FN6O. The lowest BCUT2D eigenvalue weighted by atomic mass is 10.3. The van der Waals surface area contributed by atoms with E-state index in [4.69, 9.17) is 4.52 Å². The zero-order chi connectivity index (χ0) is 17.2. The summed E-state index contributed by atoms with van der Waals surface area (Å²) in [6.07, 6.45) is 1.06. The van der Waals surface area contributed by atoms with Crippen LogP contribution in [0.1, 0.15) is 24.0 Å². The Morgan fingerprint density at radius 2 is 1.92 bits per heavy atom. The standard InChI is InChI=1S/C17H21FN6O/c1-12-19-16(22-25-12)11-24-7-3-6-23(8-9-24)10-15-20-14-5-2-4-13(18)17(14)21-15/h2,4-5H,3,6-11H2,1H3,(H,20,21). The molecule has 1 fully saturated rings. The largest absolute Gasteiger partial charge is 0.341 e. The average Bonchev–Trinajstić information content (AvgIpc) is 3.11. The third-order valence-electron chi connectivity index (χ3n) is 4.50. The third-order valence-corrected chi connectivity index (χ3v) is 4.50. The van der Waals surface area contributed by atoms with Gasteiger partial charge in [-0.3, -0.25) is 9.80 Å². The van der Waals surface area contributed by atoms with E-state index in [0.717, 1.165) is 49.8 Å². The van der Waals surface area contributed by atoms with Crippen molar-refractivity contribution in [1.82, 2.24) is 29.9 Å². The van der Waals surface area contributed by atoms with Crippen LogP contribution < -0.4 is 0 Å². The van der Waals surface area contributed by atoms with Gasteiger partial charge in [-0.05, 0) is 31.6 Å². The van der Waals surface area contributed by atoms with Crippen LogP contribution in [0, 0.1) is 12.7 Å². The van der Waals surface area contributed by atoms with Crippen LogP contribution in [0.2, 0.25) is 0 Å². The summed E-state index contributed by atoms with van der Waals surface area (Å²) in [7, 11) is 0. The molecule has 0 spiro atoms. The van der Waals surface area contributed by atoms with E-state index in [-0.39, 0.29) is 5.82 Å². The van der Waals surface area contributed by atoms with Gasteiger partial charge in [0.15, 0.2) is 11.6 Å². The molecule has 1 saturated heterocycles. The second-order valence-corrected chi connectivity index (χ2v) is 6.45. The fourth-order valence-corrected chi connectivity index (χ4v) is 3.28. The predicted molar refractivity (Wildman–Crippen MR) is 90.3 cm³/mol. The van der Waals surface area contributed by atoms with Gasteiger partial charge in [0.05, 0.1) is 18.6 Å². The molecule has 132 valence electrons. The molecule has 7 nitrogen and oxygen atoms in total. The fraction of sp³-hybridized carbons (Fsp3) is 0.471. The van der Waals surface area contributed by atoms with Gasteiger partial charge in [0, 0.05) is 20.0 Å². The van der Waals surface area contributed by atoms with E-state index in [1.807, 2.05) is 6.07 Å². The van der Waals surface area contributed by atoms with Crippen molar-refractivity contribution in [3.05, 3.63) is 41.6 Å². The quantitative estimate of drug-likeness (QED) is 0.781. The predicted octanol–water partition coefficient (Wildman–Crippen LogP) is 2.10. The number of benzene rings is 1. The van der Waals surface area contributed by atoms with Gasteiger partial charge >= 0.3 is 0 Å². The lowest BCUT2D eigenvalue weighted by Crippen LogP contribution is -2.30. The number of halogens is 1. The highest BCUT2D eigenvalue weighted by Crippen LogP contribution is 2.16. The number of fused-ring (bicyclic) bond motifs is 1. The first-order valence-corrected chi connectivity index (χ1v) is 8.54. The molecule has 1 N–H and O–H groups in total. The summed E-state index contributed by atoms with van der Waals surface area (Å²) in [6, 6.07) is 4.99. The van der Waals surface area contributed by atoms with E-state index >= 15 is 0 Å². The van der Waals surface area contributed by atoms with Gasteiger partial charge < -0.3 is 9.51 Å². The average molecular weight is 344 g/mol. The SMILES string of the molecule is Cc1nc(CN2CCCN(Cc3nc4c(F)cccc4[nH]3)CC2)no1. The van der Waals surface area contributed by atoms with Gasteiger partial charge in [-0.2, -0.15) is 4.98 Å². The molecule has 8 heteroatoms. The molecule has 0 radical (unpaired) electrons. The molecule has 0 saturated carbocycles. The number of imidazole rings is 1. The number of aryl methyl sites for hydroxylation is 1. The molecule has 1 aliphatic heterocycles. The van der Waals surface area contributed by atoms with Crippen LogP contribution in [0.3, 0.4) is 0 Å². The molecule has 0 atom stereocenters. The summed E-state index contributed by atoms with van der Waals surface area (Å²) in [4.78, 5) is 16.6. The lowest BCUT2D eigenvalue weighted by Gasteiger charge is -2.19. The van der Waals surface area contributed by atoms with Crippen LogP contribution in [-0.4, -0.2) is 56.1 Å². The molecule has 0 aliphatic carbocycles. The van der Waals surface area contributed by atoms with E-state index in [1.54, 1.807) is 13.0 Å². The molecular weight excluding hydrogens is 323 g/mol. The monoisotopic (exact) mass is 344 g/mol. The maximum atomic E-state index is 13.8. The summed E-state index contributed by atoms with van der Waals surface area (Å²) in [5, 5.41) is 3.97. The number of H-pyrrole nitrogens is 1. The van der Waals surface area contributed by atoms with Gasteiger partial charge in [0.25, 0.3) is 0 Å². The topological polar surface area (TPSA) is 74.1 Å². The van der Waals surface area contributed by atoms with Crippen LogP contribution in [0.25, 0.3) is 11.0 Å². The number of aromatic nitrogens is 4. The summed E-state index contributed by atoms with van der Waals surface area (Å²) in [6.45, 7) is 7.06. The van der Waals surface area contributed by atoms with Gasteiger partial charge in [-0.1, -0.05) is 11.2 Å². The van der Waals surface area contributed by atoms with E-state index in [1.165, 1.54) is 6.07 Å². The number of rotatable bonds is 4. The van der Waals surface area contributed by atoms with Crippen LogP contribution in [-0.2, 0) is 13.1 Å². The first-order valence-electron chi connectivity index (χ1n) is 8.54. The van der Waals surface area contributed by atoms with Crippen LogP contribution in [0.15, 0.2) is 22.7 Å². The molecule has 4 rings (SSSR count). The third kappa shape index (κ3) is 3.69. The Balaban J connectivity index is 1.38. The molecule has 0 amide bonds. The minimum atomic E-state index is -0.280. The number of para-hydroxylation sites is 1. The van der Waals surface area contributed by atoms with Gasteiger partial charge in [-0.25, -0.2) is 9.37 Å². The van der Waals surface area contributed by atoms with Crippen molar-refractivity contribution in [2.24, 2.45) is 0 Å². The highest BCUT2D eigenvalue weighted by molar-refractivity contribution is 5.75. The minimum absolute atomic E-state index is 0.280. The Kier molecular flexibility index (Phi) is 4.46. The first kappa shape index (κ1) is 16.2. The van der Waals surface area contributed by atoms with E-state index in [9.17, 15) is 4.39 Å². The molecule has 3 aromatic rings. The minimum Gasteiger partial charge on any atom is -0.341 e. The van der Waals surface area contributed by atoms with Crippen molar-refractivity contribution in [3.63, 3.8) is 0 Å². The molecule has 1 aliphatic rings. The molecule has 0 unspecified atom stereocenters. The Bertz CT molecular complexity index is 860. The smallest absolute Gasteiger partial charge is 0.223 e. The number of hydrogen-bond donors (Lipinski definition) is 1. The summed E-state index contributed by atoms with van der Waals surface area (Å²) >= 11 is 0. The van der Waals surface area contributed by atoms with Crippen LogP contribution >= 0.6 is 0 Å². The van der Waals surface area contributed by atoms with Crippen molar-refractivity contribution in [1.29, 1.82) is 0 Å². The lowest BCUT2D eigenvalue weighted by molar-refractivity contribution is 0.239. The Hall–Kier alpha value is -2.32. The van der Waals surface area contributed by atoms with Crippen molar-refractivity contribution in [2.75, 3.05) is 26.2 Å². The summed E-state index contributed by atoms with van der Waals surface area (Å²) < 4.78 is 18.8. The number of aromatic amines is 1. The van der Waals surface area contributed by atoms with Crippen LogP contribution in [0.5, 0.6) is 0 Å². The maximum absolute atomic E-state index is 13.8. The van der Waals surface area contributed by atoms with E-state index in [2.05, 4.69) is 29.9 Å². The Morgan fingerprint density at radius 3 is 2.64 bits per heavy atom. The van der Waals surface area contributed by atoms with Crippen molar-refractivity contribution < 1.29 is 8.91 Å². The zero-order valence-corrected chi connectivity index (χ0v) is 14.2. The highest BCUT2D eigenvalue weighted by Gasteiger charge is 2.18. The van der Waals surface area contributed by atoms with Gasteiger partial charge in [0.1, 0.15) is 11.3 Å². The number of hydrogen-bond acceptors (Lipinski definition) is 6. The van der Waals surface area contributed by atoms with Crippen molar-refractivity contribution in [3.8, 4) is 0 Å². The molecule has 1 aromatic carbocycles. The Morgan fingerprint density at radius 1 is 1.12 bits per heavy atom. The van der Waals surface area contributed by atoms with Gasteiger partial charge in [0.2, 0.25) is 5.89 Å². The normalized spacial score (nSPS) is 17.2. The highest BCUT2D eigenvalue weighted by atomic mass is 19.1. The van der Waals surface area contributed by atoms with E-state index < -0.39 is 0 Å². The van der Waals surface area contributed by atoms with Gasteiger partial charge in [-0.15, -0.1) is 0 Å². The molecule has 25 heavy (non-hydrogen) atoms. The number of nitrogens with zero attached hydrogens (tertiary/aromatic N) is 5. The molecule has 0 bridgehead atoms. The summed E-state index contributed by atoms with van der Waals surface area (Å²) in [5.74, 6) is 1.86. The second kappa shape index (κ2) is 6.89. The molecule has 3 heterocycles. The van der Waals surface area contributed by atoms with Crippen molar-refractivity contribution >= 4 is 11.0 Å². The number of nitrogens with one attached hydrogen (secondary N) is 1. The van der Waals surface area contributed by atoms with Crippen LogP contribution in [0.4, 0.5) is 4.39 Å². The van der Waals surface area contributed by atoms with E-state index in [0.29, 0.717) is 24.5 Å². The maximum Gasteiger partial charge on any atom is 0.223 e. The molecule has 2 aromatic heterocycles. The zero-order valence-electron chi connectivity index (χ0n) is 14.2. The summed E-state index contributed by atoms with van der Waals surface area (Å²) in [5.41, 5.74) is 1.17. The fourth-order valence-electron chi connectivity index (χ4n) is 3.28.